The maximum Gasteiger partial charge on any atom is 0.317 e. The highest BCUT2D eigenvalue weighted by molar-refractivity contribution is 5.73. The molecule has 0 aliphatic heterocycles. The predicted octanol–water partition coefficient (Wildman–Crippen LogP) is 1.44. The van der Waals surface area contributed by atoms with E-state index in [0.717, 1.165) is 19.3 Å². The van der Waals surface area contributed by atoms with Crippen LogP contribution < -0.4 is 5.32 Å². The molecule has 1 aliphatic rings. The molecule has 1 rings (SSSR count). The van der Waals surface area contributed by atoms with Gasteiger partial charge in [-0.1, -0.05) is 20.3 Å². The van der Waals surface area contributed by atoms with Gasteiger partial charge in [0.1, 0.15) is 0 Å². The molecule has 0 saturated heterocycles. The Labute approximate surface area is 98.0 Å². The van der Waals surface area contributed by atoms with Crippen LogP contribution in [0.1, 0.15) is 33.1 Å². The van der Waals surface area contributed by atoms with Crippen molar-refractivity contribution in [3.05, 3.63) is 0 Å². The maximum atomic E-state index is 11.7. The van der Waals surface area contributed by atoms with Gasteiger partial charge in [0.2, 0.25) is 0 Å². The Bertz CT molecular complexity index is 231. The van der Waals surface area contributed by atoms with Crippen LogP contribution >= 0.6 is 0 Å². The van der Waals surface area contributed by atoms with Crippen LogP contribution in [0, 0.1) is 11.8 Å². The van der Waals surface area contributed by atoms with Gasteiger partial charge in [-0.3, -0.25) is 0 Å². The summed E-state index contributed by atoms with van der Waals surface area (Å²) in [5, 5.41) is 12.6. The van der Waals surface area contributed by atoms with Gasteiger partial charge in [0.25, 0.3) is 0 Å². The number of amides is 2. The van der Waals surface area contributed by atoms with E-state index in [9.17, 15) is 9.90 Å². The van der Waals surface area contributed by atoms with Crippen molar-refractivity contribution in [2.24, 2.45) is 11.8 Å². The fourth-order valence-electron chi connectivity index (χ4n) is 2.09. The van der Waals surface area contributed by atoms with Gasteiger partial charge in [-0.2, -0.15) is 0 Å². The second kappa shape index (κ2) is 6.09. The molecule has 2 atom stereocenters. The number of carbonyl (C=O) groups is 1. The van der Waals surface area contributed by atoms with E-state index in [1.807, 2.05) is 0 Å². The van der Waals surface area contributed by atoms with Crippen molar-refractivity contribution >= 4 is 6.03 Å². The van der Waals surface area contributed by atoms with E-state index < -0.39 is 0 Å². The van der Waals surface area contributed by atoms with E-state index in [-0.39, 0.29) is 18.1 Å². The van der Waals surface area contributed by atoms with Crippen LogP contribution in [-0.4, -0.2) is 42.3 Å². The van der Waals surface area contributed by atoms with E-state index in [4.69, 9.17) is 0 Å². The minimum atomic E-state index is -0.222. The smallest absolute Gasteiger partial charge is 0.317 e. The fraction of sp³-hybridized carbons (Fsp3) is 0.917. The minimum absolute atomic E-state index is 0.0344. The first-order valence-corrected chi connectivity index (χ1v) is 6.17. The van der Waals surface area contributed by atoms with Gasteiger partial charge >= 0.3 is 6.03 Å². The number of rotatable bonds is 4. The van der Waals surface area contributed by atoms with E-state index in [1.54, 1.807) is 11.9 Å². The number of carbonyl (C=O) groups excluding carboxylic acids is 1. The van der Waals surface area contributed by atoms with Crippen molar-refractivity contribution in [2.75, 3.05) is 20.1 Å². The van der Waals surface area contributed by atoms with Gasteiger partial charge in [0.15, 0.2) is 0 Å². The third-order valence-electron chi connectivity index (χ3n) is 3.14. The molecule has 0 bridgehead atoms. The number of nitrogens with one attached hydrogen (secondary N) is 1. The fourth-order valence-corrected chi connectivity index (χ4v) is 2.09. The summed E-state index contributed by atoms with van der Waals surface area (Å²) in [6.45, 7) is 5.50. The summed E-state index contributed by atoms with van der Waals surface area (Å²) in [6, 6.07) is -0.0344. The lowest BCUT2D eigenvalue weighted by Gasteiger charge is -2.24. The highest BCUT2D eigenvalue weighted by atomic mass is 16.3. The molecule has 0 aromatic heterocycles. The first-order valence-electron chi connectivity index (χ1n) is 6.17. The molecule has 0 radical (unpaired) electrons. The molecular weight excluding hydrogens is 204 g/mol. The Kier molecular flexibility index (Phi) is 5.06. The van der Waals surface area contributed by atoms with Crippen LogP contribution in [0.3, 0.4) is 0 Å². The Morgan fingerprint density at radius 3 is 2.69 bits per heavy atom. The largest absolute Gasteiger partial charge is 0.393 e. The molecule has 0 aromatic rings. The Balaban J connectivity index is 2.28. The van der Waals surface area contributed by atoms with Gasteiger partial charge in [-0.25, -0.2) is 4.79 Å². The van der Waals surface area contributed by atoms with Crippen molar-refractivity contribution in [3.8, 4) is 0 Å². The standard InChI is InChI=1S/C12H24N2O2/c1-9(2)7-13-12(16)14(3)8-10-5-4-6-11(10)15/h9-11,15H,4-8H2,1-3H3,(H,13,16). The van der Waals surface area contributed by atoms with Crippen LogP contribution in [-0.2, 0) is 0 Å². The van der Waals surface area contributed by atoms with Crippen molar-refractivity contribution < 1.29 is 9.90 Å². The normalized spacial score (nSPS) is 24.8. The van der Waals surface area contributed by atoms with Crippen LogP contribution in [0.2, 0.25) is 0 Å². The molecule has 0 aromatic carbocycles. The highest BCUT2D eigenvalue weighted by Gasteiger charge is 2.27. The molecule has 2 unspecified atom stereocenters. The van der Waals surface area contributed by atoms with Crippen molar-refractivity contribution in [1.82, 2.24) is 10.2 Å². The van der Waals surface area contributed by atoms with Gasteiger partial charge in [-0.05, 0) is 18.8 Å². The predicted molar refractivity (Wildman–Crippen MR) is 64.2 cm³/mol. The Hall–Kier alpha value is -0.770. The third kappa shape index (κ3) is 4.00. The van der Waals surface area contributed by atoms with Crippen molar-refractivity contribution in [2.45, 2.75) is 39.2 Å². The molecule has 0 spiro atoms. The molecule has 1 aliphatic carbocycles. The quantitative estimate of drug-likeness (QED) is 0.765. The van der Waals surface area contributed by atoms with Gasteiger partial charge in [-0.15, -0.1) is 0 Å². The molecule has 2 N–H and O–H groups in total. The zero-order valence-electron chi connectivity index (χ0n) is 10.6. The topological polar surface area (TPSA) is 52.6 Å². The van der Waals surface area contributed by atoms with Gasteiger partial charge < -0.3 is 15.3 Å². The lowest BCUT2D eigenvalue weighted by molar-refractivity contribution is 0.114. The molecule has 4 nitrogen and oxygen atoms in total. The summed E-state index contributed by atoms with van der Waals surface area (Å²) >= 11 is 0. The van der Waals surface area contributed by atoms with Crippen LogP contribution in [0.25, 0.3) is 0 Å². The van der Waals surface area contributed by atoms with Crippen LogP contribution in [0.5, 0.6) is 0 Å². The molecule has 16 heavy (non-hydrogen) atoms. The molecule has 1 saturated carbocycles. The van der Waals surface area contributed by atoms with E-state index in [1.165, 1.54) is 0 Å². The first-order chi connectivity index (χ1) is 7.50. The number of hydrogen-bond donors (Lipinski definition) is 2. The van der Waals surface area contributed by atoms with E-state index in [2.05, 4.69) is 19.2 Å². The molecule has 2 amide bonds. The average molecular weight is 228 g/mol. The zero-order valence-corrected chi connectivity index (χ0v) is 10.6. The van der Waals surface area contributed by atoms with Crippen LogP contribution in [0.4, 0.5) is 4.79 Å². The number of aliphatic hydroxyl groups is 1. The summed E-state index contributed by atoms with van der Waals surface area (Å²) in [4.78, 5) is 13.4. The molecule has 4 heteroatoms. The SMILES string of the molecule is CC(C)CNC(=O)N(C)CC1CCCC1O. The second-order valence-electron chi connectivity index (χ2n) is 5.22. The van der Waals surface area contributed by atoms with E-state index >= 15 is 0 Å². The van der Waals surface area contributed by atoms with Crippen LogP contribution in [0.15, 0.2) is 0 Å². The third-order valence-corrected chi connectivity index (χ3v) is 3.14. The van der Waals surface area contributed by atoms with Gasteiger partial charge in [0, 0.05) is 26.1 Å². The lowest BCUT2D eigenvalue weighted by Crippen LogP contribution is -2.42. The maximum absolute atomic E-state index is 11.7. The monoisotopic (exact) mass is 228 g/mol. The Morgan fingerprint density at radius 1 is 1.50 bits per heavy atom. The summed E-state index contributed by atoms with van der Waals surface area (Å²) in [5.74, 6) is 0.726. The number of nitrogens with zero attached hydrogens (tertiary/aromatic N) is 1. The zero-order chi connectivity index (χ0) is 12.1. The van der Waals surface area contributed by atoms with Crippen molar-refractivity contribution in [3.63, 3.8) is 0 Å². The molecule has 1 fully saturated rings. The Morgan fingerprint density at radius 2 is 2.19 bits per heavy atom. The van der Waals surface area contributed by atoms with Crippen molar-refractivity contribution in [1.29, 1.82) is 0 Å². The lowest BCUT2D eigenvalue weighted by atomic mass is 10.1. The van der Waals surface area contributed by atoms with Gasteiger partial charge in [0.05, 0.1) is 6.10 Å². The summed E-state index contributed by atoms with van der Waals surface area (Å²) < 4.78 is 0. The minimum Gasteiger partial charge on any atom is -0.393 e. The number of hydrogen-bond acceptors (Lipinski definition) is 2. The number of urea groups is 1. The first kappa shape index (κ1) is 13.3. The molecule has 0 heterocycles. The highest BCUT2D eigenvalue weighted by Crippen LogP contribution is 2.25. The second-order valence-corrected chi connectivity index (χ2v) is 5.22. The number of aliphatic hydroxyl groups excluding tert-OH is 1. The summed E-state index contributed by atoms with van der Waals surface area (Å²) in [6.07, 6.45) is 2.77. The summed E-state index contributed by atoms with van der Waals surface area (Å²) in [5.41, 5.74) is 0. The molecular formula is C12H24N2O2. The average Bonchev–Trinajstić information content (AvgIpc) is 2.60. The molecule has 94 valence electrons. The van der Waals surface area contributed by atoms with E-state index in [0.29, 0.717) is 19.0 Å². The summed E-state index contributed by atoms with van der Waals surface area (Å²) in [7, 11) is 1.79.